The number of nitrogens with zero attached hydrogens (tertiary/aromatic N) is 3. The molecule has 0 bridgehead atoms. The number of carbonyl (C=O) groups is 1. The third-order valence-electron chi connectivity index (χ3n) is 2.42. The van der Waals surface area contributed by atoms with Gasteiger partial charge in [-0.05, 0) is 17.3 Å². The monoisotopic (exact) mass is 332 g/mol. The summed E-state index contributed by atoms with van der Waals surface area (Å²) in [5, 5.41) is 19.7. The standard InChI is InChI=1S/C10H6F2N4O5S/c11-6-8(12)14-16-15-9(6)13-5-3-1-2-4(10(17)18)7(5)22(19,20)21/h1-3H,(H,17,18)(H,13,14,15)(H,19,20,21). The molecule has 0 unspecified atom stereocenters. The molecule has 1 heterocycles. The number of aromatic carboxylic acids is 1. The minimum Gasteiger partial charge on any atom is -0.478 e. The smallest absolute Gasteiger partial charge is 0.337 e. The van der Waals surface area contributed by atoms with Gasteiger partial charge >= 0.3 is 5.97 Å². The summed E-state index contributed by atoms with van der Waals surface area (Å²) in [7, 11) is -4.98. The van der Waals surface area contributed by atoms with Crippen molar-refractivity contribution in [3.05, 3.63) is 35.5 Å². The maximum atomic E-state index is 13.4. The number of hydrogen-bond donors (Lipinski definition) is 3. The van der Waals surface area contributed by atoms with E-state index in [1.54, 1.807) is 0 Å². The lowest BCUT2D eigenvalue weighted by molar-refractivity contribution is 0.0692. The average molecular weight is 332 g/mol. The van der Waals surface area contributed by atoms with E-state index in [9.17, 15) is 22.0 Å². The van der Waals surface area contributed by atoms with Crippen LogP contribution in [0.2, 0.25) is 0 Å². The molecule has 0 fully saturated rings. The largest absolute Gasteiger partial charge is 0.478 e. The van der Waals surface area contributed by atoms with Crippen molar-refractivity contribution in [2.24, 2.45) is 0 Å². The number of halogens is 2. The third kappa shape index (κ3) is 2.96. The molecule has 0 atom stereocenters. The van der Waals surface area contributed by atoms with Crippen LogP contribution in [0.1, 0.15) is 10.4 Å². The highest BCUT2D eigenvalue weighted by Gasteiger charge is 2.25. The van der Waals surface area contributed by atoms with Crippen LogP contribution in [0.15, 0.2) is 23.1 Å². The highest BCUT2D eigenvalue weighted by Crippen LogP contribution is 2.28. The molecule has 1 aromatic heterocycles. The fourth-order valence-corrected chi connectivity index (χ4v) is 2.41. The predicted molar refractivity (Wildman–Crippen MR) is 66.2 cm³/mol. The Labute approximate surface area is 121 Å². The van der Waals surface area contributed by atoms with Crippen molar-refractivity contribution in [2.75, 3.05) is 5.32 Å². The van der Waals surface area contributed by atoms with E-state index in [0.29, 0.717) is 0 Å². The molecular formula is C10H6F2N4O5S. The van der Waals surface area contributed by atoms with Gasteiger partial charge in [0.05, 0.1) is 11.3 Å². The van der Waals surface area contributed by atoms with Gasteiger partial charge in [0.15, 0.2) is 5.82 Å². The SMILES string of the molecule is O=C(O)c1cccc(Nc2nnnc(F)c2F)c1S(=O)(=O)O. The first-order valence-corrected chi connectivity index (χ1v) is 6.81. The Balaban J connectivity index is 2.64. The Hall–Kier alpha value is -2.73. The summed E-state index contributed by atoms with van der Waals surface area (Å²) in [6, 6.07) is 3.06. The second kappa shape index (κ2) is 5.57. The molecule has 0 saturated carbocycles. The molecule has 0 saturated heterocycles. The Bertz CT molecular complexity index is 858. The summed E-state index contributed by atoms with van der Waals surface area (Å²) in [5.41, 5.74) is -1.29. The maximum Gasteiger partial charge on any atom is 0.337 e. The van der Waals surface area contributed by atoms with E-state index in [2.05, 4.69) is 20.7 Å². The van der Waals surface area contributed by atoms with Crippen molar-refractivity contribution in [1.29, 1.82) is 0 Å². The molecule has 0 aliphatic carbocycles. The third-order valence-corrected chi connectivity index (χ3v) is 3.38. The summed E-state index contributed by atoms with van der Waals surface area (Å²) in [6.07, 6.45) is 0. The minimum absolute atomic E-state index is 0.527. The zero-order valence-corrected chi connectivity index (χ0v) is 11.2. The molecule has 22 heavy (non-hydrogen) atoms. The predicted octanol–water partition coefficient (Wildman–Crippen LogP) is 0.838. The van der Waals surface area contributed by atoms with Crippen molar-refractivity contribution in [1.82, 2.24) is 15.4 Å². The molecule has 2 aromatic rings. The first-order valence-electron chi connectivity index (χ1n) is 5.37. The Morgan fingerprint density at radius 2 is 1.91 bits per heavy atom. The second-order valence-corrected chi connectivity index (χ2v) is 5.19. The molecule has 1 aromatic carbocycles. The molecule has 116 valence electrons. The van der Waals surface area contributed by atoms with E-state index in [4.69, 9.17) is 9.66 Å². The van der Waals surface area contributed by atoms with Gasteiger partial charge in [-0.1, -0.05) is 11.2 Å². The molecule has 9 nitrogen and oxygen atoms in total. The first kappa shape index (κ1) is 15.7. The van der Waals surface area contributed by atoms with Gasteiger partial charge in [-0.3, -0.25) is 4.55 Å². The van der Waals surface area contributed by atoms with Gasteiger partial charge < -0.3 is 10.4 Å². The zero-order chi connectivity index (χ0) is 16.5. The fraction of sp³-hybridized carbons (Fsp3) is 0. The average Bonchev–Trinajstić information content (AvgIpc) is 2.42. The van der Waals surface area contributed by atoms with Crippen LogP contribution in [0, 0.1) is 11.8 Å². The lowest BCUT2D eigenvalue weighted by Crippen LogP contribution is -2.12. The van der Waals surface area contributed by atoms with Crippen LogP contribution in [0.25, 0.3) is 0 Å². The Kier molecular flexibility index (Phi) is 3.97. The van der Waals surface area contributed by atoms with Gasteiger partial charge in [0.1, 0.15) is 4.90 Å². The van der Waals surface area contributed by atoms with Crippen LogP contribution >= 0.6 is 0 Å². The van der Waals surface area contributed by atoms with Crippen molar-refractivity contribution >= 4 is 27.6 Å². The summed E-state index contributed by atoms with van der Waals surface area (Å²) in [4.78, 5) is 9.99. The van der Waals surface area contributed by atoms with Crippen LogP contribution in [0.5, 0.6) is 0 Å². The fourth-order valence-electron chi connectivity index (χ4n) is 1.58. The Morgan fingerprint density at radius 3 is 2.50 bits per heavy atom. The van der Waals surface area contributed by atoms with E-state index in [0.717, 1.165) is 18.2 Å². The highest BCUT2D eigenvalue weighted by molar-refractivity contribution is 7.86. The van der Waals surface area contributed by atoms with Crippen LogP contribution < -0.4 is 5.32 Å². The van der Waals surface area contributed by atoms with Gasteiger partial charge in [-0.15, -0.1) is 5.10 Å². The minimum atomic E-state index is -4.98. The molecule has 0 amide bonds. The van der Waals surface area contributed by atoms with Gasteiger partial charge in [0.25, 0.3) is 16.1 Å². The molecule has 0 aliphatic rings. The zero-order valence-electron chi connectivity index (χ0n) is 10.4. The topological polar surface area (TPSA) is 142 Å². The van der Waals surface area contributed by atoms with Crippen molar-refractivity contribution in [3.8, 4) is 0 Å². The lowest BCUT2D eigenvalue weighted by atomic mass is 10.2. The van der Waals surface area contributed by atoms with E-state index < -0.39 is 49.8 Å². The summed E-state index contributed by atoms with van der Waals surface area (Å²) in [5.74, 6) is -5.64. The Morgan fingerprint density at radius 1 is 1.23 bits per heavy atom. The quantitative estimate of drug-likeness (QED) is 0.694. The molecular weight excluding hydrogens is 326 g/mol. The number of anilines is 2. The number of carboxylic acids is 1. The molecule has 12 heteroatoms. The lowest BCUT2D eigenvalue weighted by Gasteiger charge is -2.11. The summed E-state index contributed by atoms with van der Waals surface area (Å²) < 4.78 is 58.2. The van der Waals surface area contributed by atoms with Gasteiger partial charge in [0.2, 0.25) is 5.82 Å². The van der Waals surface area contributed by atoms with Crippen LogP contribution in [-0.4, -0.2) is 39.5 Å². The van der Waals surface area contributed by atoms with E-state index in [1.807, 2.05) is 0 Å². The van der Waals surface area contributed by atoms with Crippen molar-refractivity contribution < 1.29 is 31.7 Å². The normalized spacial score (nSPS) is 11.2. The van der Waals surface area contributed by atoms with E-state index in [-0.39, 0.29) is 0 Å². The first-order chi connectivity index (χ1) is 10.2. The number of aromatic nitrogens is 3. The van der Waals surface area contributed by atoms with Gasteiger partial charge in [0, 0.05) is 0 Å². The highest BCUT2D eigenvalue weighted by atomic mass is 32.2. The van der Waals surface area contributed by atoms with E-state index in [1.165, 1.54) is 0 Å². The van der Waals surface area contributed by atoms with Crippen LogP contribution in [0.3, 0.4) is 0 Å². The summed E-state index contributed by atoms with van der Waals surface area (Å²) >= 11 is 0. The molecule has 2 rings (SSSR count). The van der Waals surface area contributed by atoms with Crippen LogP contribution in [0.4, 0.5) is 20.3 Å². The number of carboxylic acid groups (broad SMARTS) is 1. The molecule has 0 radical (unpaired) electrons. The van der Waals surface area contributed by atoms with Crippen LogP contribution in [-0.2, 0) is 10.1 Å². The number of hydrogen-bond acceptors (Lipinski definition) is 7. The molecule has 0 spiro atoms. The number of benzene rings is 1. The van der Waals surface area contributed by atoms with Crippen molar-refractivity contribution in [2.45, 2.75) is 4.90 Å². The molecule has 3 N–H and O–H groups in total. The number of nitrogens with one attached hydrogen (secondary N) is 1. The summed E-state index contributed by atoms with van der Waals surface area (Å²) in [6.45, 7) is 0. The number of rotatable bonds is 4. The van der Waals surface area contributed by atoms with Gasteiger partial charge in [-0.25, -0.2) is 4.79 Å². The second-order valence-electron chi connectivity index (χ2n) is 3.83. The maximum absolute atomic E-state index is 13.4. The van der Waals surface area contributed by atoms with Gasteiger partial charge in [-0.2, -0.15) is 17.2 Å². The van der Waals surface area contributed by atoms with Crippen molar-refractivity contribution in [3.63, 3.8) is 0 Å². The van der Waals surface area contributed by atoms with E-state index >= 15 is 0 Å². The molecule has 0 aliphatic heterocycles.